The molecule has 2 N–H and O–H groups in total. The molecule has 2 aromatic rings. The lowest BCUT2D eigenvalue weighted by molar-refractivity contribution is -0.180. The van der Waals surface area contributed by atoms with E-state index in [1.807, 2.05) is 56.3 Å². The molecule has 8 heteroatoms. The number of rotatable bonds is 13. The Morgan fingerprint density at radius 1 is 1.03 bits per heavy atom. The van der Waals surface area contributed by atoms with Gasteiger partial charge in [0.1, 0.15) is 11.9 Å². The molecule has 8 nitrogen and oxygen atoms in total. The molecular weight excluding hydrogens is 460 g/mol. The number of fused-ring (bicyclic) bond motifs is 1. The second-order valence-corrected chi connectivity index (χ2v) is 9.80. The summed E-state index contributed by atoms with van der Waals surface area (Å²) in [6, 6.07) is 13.7. The monoisotopic (exact) mass is 498 g/mol. The zero-order valence-corrected chi connectivity index (χ0v) is 21.4. The maximum absolute atomic E-state index is 12.3. The largest absolute Gasteiger partial charge is 0.463 e. The van der Waals surface area contributed by atoms with Crippen LogP contribution in [0.3, 0.4) is 0 Å². The Labute approximate surface area is 213 Å². The van der Waals surface area contributed by atoms with Crippen molar-refractivity contribution in [1.82, 2.24) is 4.90 Å². The number of cyclic esters (lactones) is 1. The minimum absolute atomic E-state index is 0.249. The van der Waals surface area contributed by atoms with Gasteiger partial charge in [-0.05, 0) is 61.1 Å². The predicted molar refractivity (Wildman–Crippen MR) is 137 cm³/mol. The molecule has 1 amide bonds. The van der Waals surface area contributed by atoms with Crippen molar-refractivity contribution in [2.45, 2.75) is 64.6 Å². The normalized spacial score (nSPS) is 18.6. The number of hydrogen-bond donors (Lipinski definition) is 1. The molecule has 36 heavy (non-hydrogen) atoms. The maximum atomic E-state index is 12.3. The van der Waals surface area contributed by atoms with E-state index in [1.165, 1.54) is 0 Å². The van der Waals surface area contributed by atoms with Crippen molar-refractivity contribution in [3.8, 4) is 5.75 Å². The van der Waals surface area contributed by atoms with Crippen molar-refractivity contribution < 1.29 is 28.5 Å². The summed E-state index contributed by atoms with van der Waals surface area (Å²) in [5.74, 6) is 0.201. The number of nitrogens with two attached hydrogens (primary N) is 1. The van der Waals surface area contributed by atoms with Crippen LogP contribution >= 0.6 is 0 Å². The Bertz CT molecular complexity index is 1010. The minimum atomic E-state index is -0.622. The van der Waals surface area contributed by atoms with E-state index in [4.69, 9.17) is 29.4 Å². The lowest BCUT2D eigenvalue weighted by atomic mass is 10.0. The van der Waals surface area contributed by atoms with Crippen LogP contribution in [-0.4, -0.2) is 49.7 Å². The van der Waals surface area contributed by atoms with Crippen molar-refractivity contribution in [3.63, 3.8) is 0 Å². The fourth-order valence-corrected chi connectivity index (χ4v) is 4.34. The molecule has 0 saturated carbocycles. The van der Waals surface area contributed by atoms with E-state index >= 15 is 0 Å². The van der Waals surface area contributed by atoms with E-state index in [2.05, 4.69) is 0 Å². The second-order valence-electron chi connectivity index (χ2n) is 9.80. The highest BCUT2D eigenvalue weighted by Crippen LogP contribution is 2.35. The number of nitrogens with zero attached hydrogens (tertiary/aromatic N) is 1. The molecule has 1 atom stereocenters. The van der Waals surface area contributed by atoms with Crippen molar-refractivity contribution in [3.05, 3.63) is 59.2 Å². The molecular formula is C28H38N2O6. The summed E-state index contributed by atoms with van der Waals surface area (Å²) in [5.41, 5.74) is 9.56. The van der Waals surface area contributed by atoms with Gasteiger partial charge in [-0.25, -0.2) is 4.79 Å². The van der Waals surface area contributed by atoms with Gasteiger partial charge in [-0.3, -0.25) is 0 Å². The van der Waals surface area contributed by atoms with Crippen molar-refractivity contribution in [2.75, 3.05) is 38.6 Å². The minimum Gasteiger partial charge on any atom is -0.463 e. The number of hydrogen-bond acceptors (Lipinski definition) is 7. The Morgan fingerprint density at radius 3 is 2.72 bits per heavy atom. The van der Waals surface area contributed by atoms with Gasteiger partial charge in [0.25, 0.3) is 0 Å². The van der Waals surface area contributed by atoms with E-state index in [9.17, 15) is 4.79 Å². The van der Waals surface area contributed by atoms with Gasteiger partial charge >= 0.3 is 6.09 Å². The molecule has 2 aliphatic heterocycles. The zero-order chi connectivity index (χ0) is 25.4. The van der Waals surface area contributed by atoms with Gasteiger partial charge in [0.05, 0.1) is 19.8 Å². The van der Waals surface area contributed by atoms with Gasteiger partial charge < -0.3 is 34.3 Å². The Hall–Kier alpha value is -2.81. The van der Waals surface area contributed by atoms with Crippen molar-refractivity contribution >= 4 is 11.8 Å². The molecule has 1 saturated heterocycles. The summed E-state index contributed by atoms with van der Waals surface area (Å²) in [5, 5.41) is 0. The van der Waals surface area contributed by atoms with Crippen LogP contribution in [-0.2, 0) is 32.2 Å². The summed E-state index contributed by atoms with van der Waals surface area (Å²) in [4.78, 5) is 14.1. The van der Waals surface area contributed by atoms with Crippen LogP contribution in [0.5, 0.6) is 5.75 Å². The second kappa shape index (κ2) is 12.4. The van der Waals surface area contributed by atoms with Crippen LogP contribution in [0.1, 0.15) is 62.3 Å². The molecule has 2 heterocycles. The van der Waals surface area contributed by atoms with Crippen molar-refractivity contribution in [1.29, 1.82) is 0 Å². The molecule has 0 radical (unpaired) electrons. The first kappa shape index (κ1) is 26.3. The number of anilines is 1. The summed E-state index contributed by atoms with van der Waals surface area (Å²) in [6.45, 7) is 8.17. The van der Waals surface area contributed by atoms with Gasteiger partial charge in [0.15, 0.2) is 0 Å². The highest BCUT2D eigenvalue weighted by Gasteiger charge is 2.33. The van der Waals surface area contributed by atoms with Crippen LogP contribution in [0.15, 0.2) is 42.5 Å². The molecule has 4 rings (SSSR count). The Morgan fingerprint density at radius 2 is 1.86 bits per heavy atom. The molecule has 0 unspecified atom stereocenters. The highest BCUT2D eigenvalue weighted by atomic mass is 16.7. The average molecular weight is 499 g/mol. The van der Waals surface area contributed by atoms with Gasteiger partial charge in [-0.1, -0.05) is 18.2 Å². The number of benzene rings is 2. The Kier molecular flexibility index (Phi) is 9.07. The van der Waals surface area contributed by atoms with E-state index in [1.54, 1.807) is 4.90 Å². The molecule has 0 aliphatic carbocycles. The van der Waals surface area contributed by atoms with Gasteiger partial charge in [-0.2, -0.15) is 0 Å². The third-order valence-electron chi connectivity index (χ3n) is 6.29. The number of carbonyl (C=O) groups excluding carboxylic acids is 1. The quantitative estimate of drug-likeness (QED) is 0.300. The number of ether oxygens (including phenoxy) is 5. The van der Waals surface area contributed by atoms with Crippen molar-refractivity contribution in [2.24, 2.45) is 0 Å². The standard InChI is InChI=1S/C28H38N2O6/c1-28(2)34-20-23-17-22(10-11-25(23)36-28)26-18-30(27(31)35-26)12-4-3-5-13-32-14-7-15-33-19-21-8-6-9-24(29)16-21/h6,8-11,16-17,26H,3-5,7,12-15,18-20,29H2,1-2H3/t26-/m0/s1. The average Bonchev–Trinajstić information content (AvgIpc) is 3.22. The number of nitrogen functional groups attached to an aromatic ring is 1. The summed E-state index contributed by atoms with van der Waals surface area (Å²) in [6.07, 6.45) is 3.25. The zero-order valence-electron chi connectivity index (χ0n) is 21.4. The first-order valence-electron chi connectivity index (χ1n) is 12.8. The number of amides is 1. The smallest absolute Gasteiger partial charge is 0.410 e. The lowest BCUT2D eigenvalue weighted by Crippen LogP contribution is -2.35. The van der Waals surface area contributed by atoms with Gasteiger partial charge in [0, 0.05) is 51.5 Å². The van der Waals surface area contributed by atoms with Crippen LogP contribution in [0.4, 0.5) is 10.5 Å². The molecule has 196 valence electrons. The highest BCUT2D eigenvalue weighted by molar-refractivity contribution is 5.70. The maximum Gasteiger partial charge on any atom is 0.410 e. The van der Waals surface area contributed by atoms with E-state index in [-0.39, 0.29) is 12.2 Å². The number of unbranched alkanes of at least 4 members (excludes halogenated alkanes) is 2. The summed E-state index contributed by atoms with van der Waals surface area (Å²) in [7, 11) is 0. The molecule has 2 aromatic carbocycles. The summed E-state index contributed by atoms with van der Waals surface area (Å²) < 4.78 is 28.6. The number of carbonyl (C=O) groups is 1. The third kappa shape index (κ3) is 7.59. The van der Waals surface area contributed by atoms with Crippen LogP contribution in [0.25, 0.3) is 0 Å². The topological polar surface area (TPSA) is 92.5 Å². The first-order valence-corrected chi connectivity index (χ1v) is 12.8. The Balaban J connectivity index is 1.05. The molecule has 1 fully saturated rings. The van der Waals surface area contributed by atoms with E-state index in [0.29, 0.717) is 39.5 Å². The third-order valence-corrected chi connectivity index (χ3v) is 6.29. The first-order chi connectivity index (χ1) is 17.4. The van der Waals surface area contributed by atoms with Gasteiger partial charge in [-0.15, -0.1) is 0 Å². The van der Waals surface area contributed by atoms with Gasteiger partial charge in [0.2, 0.25) is 5.79 Å². The van der Waals surface area contributed by atoms with Crippen LogP contribution in [0, 0.1) is 0 Å². The van der Waals surface area contributed by atoms with E-state index < -0.39 is 5.79 Å². The fourth-order valence-electron chi connectivity index (χ4n) is 4.34. The van der Waals surface area contributed by atoms with Crippen LogP contribution < -0.4 is 10.5 Å². The molecule has 2 aliphatic rings. The SMILES string of the molecule is CC1(C)OCc2cc([C@@H]3CN(CCCCCOCCCOCc4cccc(N)c4)C(=O)O3)ccc2O1. The molecule has 0 aromatic heterocycles. The summed E-state index contributed by atoms with van der Waals surface area (Å²) >= 11 is 0. The van der Waals surface area contributed by atoms with E-state index in [0.717, 1.165) is 60.4 Å². The predicted octanol–water partition coefficient (Wildman–Crippen LogP) is 5.20. The molecule has 0 spiro atoms. The molecule has 0 bridgehead atoms. The van der Waals surface area contributed by atoms with Crippen LogP contribution in [0.2, 0.25) is 0 Å². The fraction of sp³-hybridized carbons (Fsp3) is 0.536. The lowest BCUT2D eigenvalue weighted by Gasteiger charge is -2.32.